The molecule has 2 aromatic carbocycles. The van der Waals surface area contributed by atoms with Crippen molar-refractivity contribution in [1.29, 1.82) is 0 Å². The largest absolute Gasteiger partial charge is 0.416 e. The van der Waals surface area contributed by atoms with Crippen LogP contribution in [0.1, 0.15) is 19.4 Å². The Kier molecular flexibility index (Phi) is 6.78. The molecule has 0 saturated heterocycles. The summed E-state index contributed by atoms with van der Waals surface area (Å²) in [5.74, 6) is 2.48. The van der Waals surface area contributed by atoms with Gasteiger partial charge in [-0.2, -0.15) is 17.5 Å². The minimum absolute atomic E-state index is 0.0348. The summed E-state index contributed by atoms with van der Waals surface area (Å²) in [6, 6.07) is 10.6. The van der Waals surface area contributed by atoms with E-state index in [-0.39, 0.29) is 18.0 Å². The first-order chi connectivity index (χ1) is 13.4. The van der Waals surface area contributed by atoms with Crippen molar-refractivity contribution in [2.24, 2.45) is 0 Å². The zero-order chi connectivity index (χ0) is 21.9. The Hall–Kier alpha value is -2.34. The lowest BCUT2D eigenvalue weighted by Gasteiger charge is -2.33. The smallest absolute Gasteiger partial charge is 0.383 e. The average molecular weight is 425 g/mol. The van der Waals surface area contributed by atoms with Crippen molar-refractivity contribution < 1.29 is 26.3 Å². The Balaban J connectivity index is 2.35. The van der Waals surface area contributed by atoms with Crippen LogP contribution < -0.4 is 0 Å². The third-order valence-corrected chi connectivity index (χ3v) is 6.55. The van der Waals surface area contributed by atoms with Crippen molar-refractivity contribution in [2.75, 3.05) is 20.3 Å². The van der Waals surface area contributed by atoms with Gasteiger partial charge in [0.1, 0.15) is 0 Å². The summed E-state index contributed by atoms with van der Waals surface area (Å²) in [5, 5.41) is 0. The van der Waals surface area contributed by atoms with Gasteiger partial charge in [0, 0.05) is 13.7 Å². The van der Waals surface area contributed by atoms with Gasteiger partial charge >= 0.3 is 6.18 Å². The zero-order valence-electron chi connectivity index (χ0n) is 16.3. The van der Waals surface area contributed by atoms with Crippen LogP contribution in [0.2, 0.25) is 0 Å². The zero-order valence-corrected chi connectivity index (χ0v) is 17.1. The van der Waals surface area contributed by atoms with Crippen LogP contribution in [0.3, 0.4) is 0 Å². The van der Waals surface area contributed by atoms with E-state index in [1.807, 2.05) is 0 Å². The monoisotopic (exact) mass is 425 g/mol. The van der Waals surface area contributed by atoms with Crippen LogP contribution in [-0.4, -0.2) is 38.5 Å². The molecule has 0 saturated carbocycles. The lowest BCUT2D eigenvalue weighted by atomic mass is 10.0. The Labute approximate surface area is 169 Å². The molecule has 0 radical (unpaired) electrons. The third-order valence-electron chi connectivity index (χ3n) is 4.46. The second kappa shape index (κ2) is 8.57. The minimum Gasteiger partial charge on any atom is -0.383 e. The van der Waals surface area contributed by atoms with Gasteiger partial charge in [0.2, 0.25) is 10.0 Å². The number of hydrogen-bond acceptors (Lipinski definition) is 3. The molecular weight excluding hydrogens is 403 g/mol. The fourth-order valence-electron chi connectivity index (χ4n) is 2.74. The Morgan fingerprint density at radius 1 is 1.00 bits per heavy atom. The van der Waals surface area contributed by atoms with Crippen LogP contribution in [0.5, 0.6) is 0 Å². The van der Waals surface area contributed by atoms with E-state index >= 15 is 0 Å². The fourth-order valence-corrected chi connectivity index (χ4v) is 4.45. The predicted octanol–water partition coefficient (Wildman–Crippen LogP) is 4.42. The first-order valence-electron chi connectivity index (χ1n) is 8.71. The topological polar surface area (TPSA) is 46.6 Å². The lowest BCUT2D eigenvalue weighted by Crippen LogP contribution is -2.48. The van der Waals surface area contributed by atoms with Crippen LogP contribution in [-0.2, 0) is 20.9 Å². The summed E-state index contributed by atoms with van der Waals surface area (Å²) in [4.78, 5) is 0.0348. The molecular formula is C21H22F3NO3S. The summed E-state index contributed by atoms with van der Waals surface area (Å²) in [5.41, 5.74) is -0.672. The number of nitrogens with zero attached hydrogens (tertiary/aromatic N) is 1. The van der Waals surface area contributed by atoms with Gasteiger partial charge in [-0.15, -0.1) is 6.42 Å². The highest BCUT2D eigenvalue weighted by molar-refractivity contribution is 7.89. The van der Waals surface area contributed by atoms with E-state index in [4.69, 9.17) is 11.2 Å². The number of hydrogen-bond donors (Lipinski definition) is 0. The van der Waals surface area contributed by atoms with Crippen LogP contribution in [0.15, 0.2) is 53.4 Å². The van der Waals surface area contributed by atoms with Crippen molar-refractivity contribution >= 4 is 10.0 Å². The molecule has 0 aliphatic heterocycles. The summed E-state index contributed by atoms with van der Waals surface area (Å²) in [7, 11) is -2.44. The Morgan fingerprint density at radius 3 is 1.90 bits per heavy atom. The molecule has 4 nitrogen and oxygen atoms in total. The van der Waals surface area contributed by atoms with E-state index in [0.717, 1.165) is 12.1 Å². The van der Waals surface area contributed by atoms with Crippen LogP contribution in [0.4, 0.5) is 13.2 Å². The van der Waals surface area contributed by atoms with Crippen molar-refractivity contribution in [3.05, 3.63) is 54.1 Å². The Bertz CT molecular complexity index is 974. The maximum atomic E-state index is 13.1. The predicted molar refractivity (Wildman–Crippen MR) is 106 cm³/mol. The number of sulfonamides is 1. The standard InChI is InChI=1S/C21H22F3NO3S/c1-5-20(2,3)25(14-15-28-4)29(26,27)19-12-8-17(9-13-19)16-6-10-18(11-7-16)21(22,23)24/h1,6-13H,14-15H2,2-4H3. The molecule has 156 valence electrons. The van der Waals surface area contributed by atoms with Crippen molar-refractivity contribution in [3.8, 4) is 23.5 Å². The van der Waals surface area contributed by atoms with E-state index in [0.29, 0.717) is 11.1 Å². The van der Waals surface area contributed by atoms with Gasteiger partial charge in [0.25, 0.3) is 0 Å². The number of methoxy groups -OCH3 is 1. The van der Waals surface area contributed by atoms with E-state index in [1.54, 1.807) is 26.0 Å². The molecule has 8 heteroatoms. The van der Waals surface area contributed by atoms with Crippen molar-refractivity contribution in [1.82, 2.24) is 4.31 Å². The number of rotatable bonds is 7. The molecule has 0 amide bonds. The first kappa shape index (κ1) is 22.9. The average Bonchev–Trinajstić information content (AvgIpc) is 2.67. The number of terminal acetylenes is 1. The quantitative estimate of drug-likeness (QED) is 0.617. The van der Waals surface area contributed by atoms with Gasteiger partial charge in [-0.3, -0.25) is 0 Å². The number of benzene rings is 2. The van der Waals surface area contributed by atoms with E-state index < -0.39 is 27.3 Å². The molecule has 0 atom stereocenters. The maximum absolute atomic E-state index is 13.1. The lowest BCUT2D eigenvalue weighted by molar-refractivity contribution is -0.137. The molecule has 0 N–H and O–H groups in total. The van der Waals surface area contributed by atoms with Gasteiger partial charge in [-0.25, -0.2) is 8.42 Å². The Morgan fingerprint density at radius 2 is 1.48 bits per heavy atom. The normalized spacial score (nSPS) is 12.8. The van der Waals surface area contributed by atoms with Gasteiger partial charge in [-0.05, 0) is 49.2 Å². The van der Waals surface area contributed by atoms with Crippen LogP contribution in [0.25, 0.3) is 11.1 Å². The molecule has 0 aliphatic rings. The van der Waals surface area contributed by atoms with Crippen LogP contribution in [0, 0.1) is 12.3 Å². The van der Waals surface area contributed by atoms with E-state index in [2.05, 4.69) is 5.92 Å². The van der Waals surface area contributed by atoms with E-state index in [1.165, 1.54) is 35.7 Å². The maximum Gasteiger partial charge on any atom is 0.416 e. The van der Waals surface area contributed by atoms with Crippen LogP contribution >= 0.6 is 0 Å². The van der Waals surface area contributed by atoms with Gasteiger partial charge in [-0.1, -0.05) is 30.2 Å². The first-order valence-corrected chi connectivity index (χ1v) is 10.1. The second-order valence-electron chi connectivity index (χ2n) is 6.87. The SMILES string of the molecule is C#CC(C)(C)N(CCOC)S(=O)(=O)c1ccc(-c2ccc(C(F)(F)F)cc2)cc1. The molecule has 0 bridgehead atoms. The second-order valence-corrected chi connectivity index (χ2v) is 8.74. The summed E-state index contributed by atoms with van der Waals surface area (Å²) in [6.07, 6.45) is 1.11. The third kappa shape index (κ3) is 5.18. The van der Waals surface area contributed by atoms with Gasteiger partial charge in [0.05, 0.1) is 22.6 Å². The minimum atomic E-state index is -4.41. The molecule has 2 aromatic rings. The molecule has 0 aromatic heterocycles. The summed E-state index contributed by atoms with van der Waals surface area (Å²) < 4.78 is 70.5. The molecule has 0 heterocycles. The highest BCUT2D eigenvalue weighted by Crippen LogP contribution is 2.31. The molecule has 0 unspecified atom stereocenters. The highest BCUT2D eigenvalue weighted by atomic mass is 32.2. The highest BCUT2D eigenvalue weighted by Gasteiger charge is 2.35. The molecule has 0 spiro atoms. The number of halogens is 3. The molecule has 2 rings (SSSR count). The molecule has 0 fully saturated rings. The van der Waals surface area contributed by atoms with Crippen molar-refractivity contribution in [3.63, 3.8) is 0 Å². The number of ether oxygens (including phenoxy) is 1. The number of alkyl halides is 3. The van der Waals surface area contributed by atoms with Crippen molar-refractivity contribution in [2.45, 2.75) is 30.5 Å². The summed E-state index contributed by atoms with van der Waals surface area (Å²) in [6.45, 7) is 3.50. The molecule has 0 aliphatic carbocycles. The summed E-state index contributed by atoms with van der Waals surface area (Å²) >= 11 is 0. The fraction of sp³-hybridized carbons (Fsp3) is 0.333. The van der Waals surface area contributed by atoms with Gasteiger partial charge < -0.3 is 4.74 Å². The van der Waals surface area contributed by atoms with Gasteiger partial charge in [0.15, 0.2) is 0 Å². The van der Waals surface area contributed by atoms with E-state index in [9.17, 15) is 21.6 Å². The molecule has 29 heavy (non-hydrogen) atoms.